The standard InChI is InChI=1S/C14H14F4N4/c1-21(13-9(15)5-19-6-10(13)16)3-4-22(2)14-11(17)7-20-8-12(14)18/h5-8H,3-4H2,1-2H3. The SMILES string of the molecule is CN(CCN(C)c1c(F)cncc1F)c1c(F)cncc1F. The number of anilines is 2. The van der Waals surface area contributed by atoms with E-state index in [-0.39, 0.29) is 24.5 Å². The molecular formula is C14H14F4N4. The van der Waals surface area contributed by atoms with Crippen LogP contribution in [0.5, 0.6) is 0 Å². The van der Waals surface area contributed by atoms with Crippen LogP contribution in [0.4, 0.5) is 28.9 Å². The first-order chi connectivity index (χ1) is 10.4. The molecule has 0 aliphatic rings. The summed E-state index contributed by atoms with van der Waals surface area (Å²) in [6.07, 6.45) is 3.61. The summed E-state index contributed by atoms with van der Waals surface area (Å²) in [5.74, 6) is -3.20. The third kappa shape index (κ3) is 3.26. The lowest BCUT2D eigenvalue weighted by atomic mass is 10.3. The Morgan fingerprint density at radius 1 is 0.682 bits per heavy atom. The molecule has 0 saturated carbocycles. The number of halogens is 4. The first-order valence-electron chi connectivity index (χ1n) is 6.42. The third-order valence-electron chi connectivity index (χ3n) is 3.19. The average molecular weight is 314 g/mol. The Balaban J connectivity index is 2.09. The zero-order valence-electron chi connectivity index (χ0n) is 12.0. The summed E-state index contributed by atoms with van der Waals surface area (Å²) < 4.78 is 54.4. The van der Waals surface area contributed by atoms with Crippen molar-refractivity contribution in [2.45, 2.75) is 0 Å². The van der Waals surface area contributed by atoms with Gasteiger partial charge in [-0.25, -0.2) is 17.6 Å². The second-order valence-electron chi connectivity index (χ2n) is 4.75. The Labute approximate surface area is 125 Å². The van der Waals surface area contributed by atoms with Gasteiger partial charge in [0.25, 0.3) is 0 Å². The van der Waals surface area contributed by atoms with Crippen molar-refractivity contribution in [3.63, 3.8) is 0 Å². The third-order valence-corrected chi connectivity index (χ3v) is 3.19. The number of likely N-dealkylation sites (N-methyl/N-ethyl adjacent to an activating group) is 2. The van der Waals surface area contributed by atoms with Gasteiger partial charge in [-0.3, -0.25) is 9.97 Å². The molecule has 0 radical (unpaired) electrons. The summed E-state index contributed by atoms with van der Waals surface area (Å²) in [6, 6.07) is 0. The maximum Gasteiger partial charge on any atom is 0.167 e. The number of nitrogens with zero attached hydrogens (tertiary/aromatic N) is 4. The zero-order valence-corrected chi connectivity index (χ0v) is 12.0. The molecule has 2 heterocycles. The van der Waals surface area contributed by atoms with Gasteiger partial charge in [0.2, 0.25) is 0 Å². The van der Waals surface area contributed by atoms with Crippen molar-refractivity contribution in [1.29, 1.82) is 0 Å². The van der Waals surface area contributed by atoms with Crippen LogP contribution in [0.3, 0.4) is 0 Å². The number of pyridine rings is 2. The topological polar surface area (TPSA) is 32.3 Å². The van der Waals surface area contributed by atoms with Crippen LogP contribution in [-0.2, 0) is 0 Å². The molecule has 2 rings (SSSR count). The van der Waals surface area contributed by atoms with Gasteiger partial charge in [0.15, 0.2) is 23.3 Å². The summed E-state index contributed by atoms with van der Waals surface area (Å²) in [7, 11) is 2.96. The van der Waals surface area contributed by atoms with E-state index in [2.05, 4.69) is 9.97 Å². The van der Waals surface area contributed by atoms with Gasteiger partial charge in [-0.05, 0) is 0 Å². The van der Waals surface area contributed by atoms with Crippen molar-refractivity contribution in [2.75, 3.05) is 37.0 Å². The van der Waals surface area contributed by atoms with Crippen LogP contribution in [0.15, 0.2) is 24.8 Å². The van der Waals surface area contributed by atoms with Crippen molar-refractivity contribution in [1.82, 2.24) is 9.97 Å². The Hall–Kier alpha value is -2.38. The van der Waals surface area contributed by atoms with Crippen LogP contribution in [0.2, 0.25) is 0 Å². The van der Waals surface area contributed by atoms with Crippen LogP contribution in [0, 0.1) is 23.3 Å². The highest BCUT2D eigenvalue weighted by molar-refractivity contribution is 5.49. The van der Waals surface area contributed by atoms with Gasteiger partial charge in [0.05, 0.1) is 24.8 Å². The van der Waals surface area contributed by atoms with Gasteiger partial charge in [0, 0.05) is 27.2 Å². The van der Waals surface area contributed by atoms with Crippen LogP contribution in [-0.4, -0.2) is 37.2 Å². The number of hydrogen-bond donors (Lipinski definition) is 0. The van der Waals surface area contributed by atoms with E-state index in [4.69, 9.17) is 0 Å². The van der Waals surface area contributed by atoms with Gasteiger partial charge >= 0.3 is 0 Å². The largest absolute Gasteiger partial charge is 0.368 e. The smallest absolute Gasteiger partial charge is 0.167 e. The fourth-order valence-electron chi connectivity index (χ4n) is 2.06. The van der Waals surface area contributed by atoms with E-state index in [1.165, 1.54) is 23.9 Å². The van der Waals surface area contributed by atoms with Crippen molar-refractivity contribution in [3.8, 4) is 0 Å². The lowest BCUT2D eigenvalue weighted by Crippen LogP contribution is -2.32. The van der Waals surface area contributed by atoms with E-state index in [0.717, 1.165) is 24.8 Å². The number of aromatic nitrogens is 2. The van der Waals surface area contributed by atoms with E-state index in [1.54, 1.807) is 0 Å². The second-order valence-corrected chi connectivity index (χ2v) is 4.75. The molecule has 2 aromatic heterocycles. The number of hydrogen-bond acceptors (Lipinski definition) is 4. The lowest BCUT2D eigenvalue weighted by molar-refractivity contribution is 0.560. The van der Waals surface area contributed by atoms with Crippen LogP contribution >= 0.6 is 0 Å². The first-order valence-corrected chi connectivity index (χ1v) is 6.42. The summed E-state index contributed by atoms with van der Waals surface area (Å²) in [6.45, 7) is 0.297. The highest BCUT2D eigenvalue weighted by Crippen LogP contribution is 2.23. The predicted octanol–water partition coefficient (Wildman–Crippen LogP) is 2.61. The minimum atomic E-state index is -0.800. The molecule has 118 valence electrons. The van der Waals surface area contributed by atoms with Crippen LogP contribution in [0.1, 0.15) is 0 Å². The molecule has 0 N–H and O–H groups in total. The molecule has 22 heavy (non-hydrogen) atoms. The fraction of sp³-hybridized carbons (Fsp3) is 0.286. The van der Waals surface area contributed by atoms with Gasteiger partial charge in [0.1, 0.15) is 11.4 Å². The quantitative estimate of drug-likeness (QED) is 0.794. The Morgan fingerprint density at radius 2 is 0.955 bits per heavy atom. The molecular weight excluding hydrogens is 300 g/mol. The second kappa shape index (κ2) is 6.59. The van der Waals surface area contributed by atoms with Gasteiger partial charge in [-0.15, -0.1) is 0 Å². The molecule has 0 spiro atoms. The monoisotopic (exact) mass is 314 g/mol. The molecule has 0 aliphatic carbocycles. The molecule has 0 unspecified atom stereocenters. The molecule has 0 aromatic carbocycles. The molecule has 8 heteroatoms. The summed E-state index contributed by atoms with van der Waals surface area (Å²) >= 11 is 0. The molecule has 0 bridgehead atoms. The molecule has 0 fully saturated rings. The van der Waals surface area contributed by atoms with E-state index < -0.39 is 23.3 Å². The molecule has 0 amide bonds. The highest BCUT2D eigenvalue weighted by Gasteiger charge is 2.17. The zero-order chi connectivity index (χ0) is 16.3. The normalized spacial score (nSPS) is 10.6. The lowest BCUT2D eigenvalue weighted by Gasteiger charge is -2.25. The molecule has 0 aliphatic heterocycles. The summed E-state index contributed by atoms with van der Waals surface area (Å²) in [4.78, 5) is 9.44. The van der Waals surface area contributed by atoms with E-state index in [0.29, 0.717) is 0 Å². The van der Waals surface area contributed by atoms with E-state index >= 15 is 0 Å². The van der Waals surface area contributed by atoms with Crippen molar-refractivity contribution >= 4 is 11.4 Å². The van der Waals surface area contributed by atoms with Gasteiger partial charge in [-0.1, -0.05) is 0 Å². The highest BCUT2D eigenvalue weighted by atomic mass is 19.1. The van der Waals surface area contributed by atoms with Gasteiger partial charge in [-0.2, -0.15) is 0 Å². The molecule has 2 aromatic rings. The van der Waals surface area contributed by atoms with E-state index in [9.17, 15) is 17.6 Å². The van der Waals surface area contributed by atoms with E-state index in [1.807, 2.05) is 0 Å². The maximum atomic E-state index is 13.6. The molecule has 0 saturated heterocycles. The minimum Gasteiger partial charge on any atom is -0.368 e. The Bertz CT molecular complexity index is 567. The van der Waals surface area contributed by atoms with Crippen LogP contribution in [0.25, 0.3) is 0 Å². The maximum absolute atomic E-state index is 13.6. The van der Waals surface area contributed by atoms with Crippen molar-refractivity contribution in [2.24, 2.45) is 0 Å². The Morgan fingerprint density at radius 3 is 1.23 bits per heavy atom. The number of rotatable bonds is 5. The first kappa shape index (κ1) is 16.0. The molecule has 4 nitrogen and oxygen atoms in total. The minimum absolute atomic E-state index is 0.148. The van der Waals surface area contributed by atoms with Gasteiger partial charge < -0.3 is 9.80 Å². The molecule has 0 atom stereocenters. The summed E-state index contributed by atoms with van der Waals surface area (Å²) in [5, 5.41) is 0. The van der Waals surface area contributed by atoms with Crippen LogP contribution < -0.4 is 9.80 Å². The van der Waals surface area contributed by atoms with Crippen molar-refractivity contribution in [3.05, 3.63) is 48.1 Å². The predicted molar refractivity (Wildman–Crippen MR) is 74.8 cm³/mol. The Kier molecular flexibility index (Phi) is 4.79. The fourth-order valence-corrected chi connectivity index (χ4v) is 2.06. The average Bonchev–Trinajstić information content (AvgIpc) is 2.44. The summed E-state index contributed by atoms with van der Waals surface area (Å²) in [5.41, 5.74) is -0.474. The van der Waals surface area contributed by atoms with Crippen molar-refractivity contribution < 1.29 is 17.6 Å².